The number of aromatic nitrogens is 5. The minimum Gasteiger partial charge on any atom is -0.331 e. The van der Waals surface area contributed by atoms with Gasteiger partial charge < -0.3 is 4.57 Å². The summed E-state index contributed by atoms with van der Waals surface area (Å²) in [6.45, 7) is 2.90. The number of nitrogens with zero attached hydrogens (tertiary/aromatic N) is 5. The Bertz CT molecular complexity index is 936. The molecule has 0 saturated heterocycles. The summed E-state index contributed by atoms with van der Waals surface area (Å²) in [5.74, 6) is 0.970. The average molecular weight is 335 g/mol. The van der Waals surface area contributed by atoms with Gasteiger partial charge in [0, 0.05) is 54.4 Å². The molecule has 5 nitrogen and oxygen atoms in total. The highest BCUT2D eigenvalue weighted by molar-refractivity contribution is 7.09. The average Bonchev–Trinajstić information content (AvgIpc) is 3.35. The quantitative estimate of drug-likeness (QED) is 0.558. The van der Waals surface area contributed by atoms with Crippen molar-refractivity contribution in [2.24, 2.45) is 0 Å². The molecule has 0 N–H and O–H groups in total. The van der Waals surface area contributed by atoms with E-state index in [-0.39, 0.29) is 0 Å². The molecule has 0 bridgehead atoms. The Hall–Kier alpha value is -2.73. The highest BCUT2D eigenvalue weighted by atomic mass is 32.1. The lowest BCUT2D eigenvalue weighted by Crippen LogP contribution is -2.03. The van der Waals surface area contributed by atoms with Gasteiger partial charge in [-0.3, -0.25) is 0 Å². The zero-order valence-corrected chi connectivity index (χ0v) is 14.1. The second-order valence-corrected chi connectivity index (χ2v) is 6.52. The van der Waals surface area contributed by atoms with E-state index in [2.05, 4.69) is 37.1 Å². The summed E-state index contributed by atoms with van der Waals surface area (Å²) in [6, 6.07) is 10.2. The largest absolute Gasteiger partial charge is 0.331 e. The number of imidazole rings is 1. The summed E-state index contributed by atoms with van der Waals surface area (Å²) in [5.41, 5.74) is 3.21. The molecule has 0 fully saturated rings. The fraction of sp³-hybridized carbons (Fsp3) is 0.167. The minimum atomic E-state index is 0.869. The Balaban J connectivity index is 1.59. The summed E-state index contributed by atoms with van der Waals surface area (Å²) >= 11 is 1.72. The van der Waals surface area contributed by atoms with Gasteiger partial charge >= 0.3 is 0 Å². The van der Waals surface area contributed by atoms with Gasteiger partial charge in [0.1, 0.15) is 5.82 Å². The Morgan fingerprint density at radius 3 is 2.88 bits per heavy atom. The fourth-order valence-corrected chi connectivity index (χ4v) is 3.46. The Labute approximate surface area is 144 Å². The van der Waals surface area contributed by atoms with Crippen LogP contribution in [0.1, 0.15) is 10.7 Å². The van der Waals surface area contributed by atoms with E-state index in [4.69, 9.17) is 0 Å². The second kappa shape index (κ2) is 6.41. The van der Waals surface area contributed by atoms with Gasteiger partial charge in [-0.05, 0) is 25.1 Å². The number of thiazole rings is 1. The number of rotatable bonds is 5. The van der Waals surface area contributed by atoms with Crippen LogP contribution in [0, 0.1) is 6.92 Å². The van der Waals surface area contributed by atoms with Gasteiger partial charge in [-0.1, -0.05) is 12.1 Å². The van der Waals surface area contributed by atoms with E-state index in [9.17, 15) is 0 Å². The second-order valence-electron chi connectivity index (χ2n) is 5.58. The van der Waals surface area contributed by atoms with E-state index in [0.717, 1.165) is 40.7 Å². The Morgan fingerprint density at radius 1 is 1.12 bits per heavy atom. The van der Waals surface area contributed by atoms with Crippen molar-refractivity contribution in [3.8, 4) is 17.1 Å². The third-order valence-electron chi connectivity index (χ3n) is 3.82. The topological polar surface area (TPSA) is 48.5 Å². The molecule has 0 aliphatic rings. The minimum absolute atomic E-state index is 0.869. The number of hydrogen-bond acceptors (Lipinski definition) is 4. The van der Waals surface area contributed by atoms with E-state index in [1.54, 1.807) is 17.5 Å². The molecule has 0 aliphatic carbocycles. The van der Waals surface area contributed by atoms with E-state index in [1.165, 1.54) is 0 Å². The fourth-order valence-electron chi connectivity index (χ4n) is 2.69. The standard InChI is InChI=1S/C18H17N5S/c1-14-13-24-17(21-14)6-10-22-11-8-19-18(22)15-4-2-5-16(12-15)23-9-3-7-20-23/h2-5,7-9,11-13H,6,10H2,1H3. The Morgan fingerprint density at radius 2 is 2.08 bits per heavy atom. The molecular formula is C18H17N5S. The summed E-state index contributed by atoms with van der Waals surface area (Å²) in [7, 11) is 0. The van der Waals surface area contributed by atoms with Gasteiger partial charge in [0.05, 0.1) is 10.7 Å². The van der Waals surface area contributed by atoms with Crippen LogP contribution < -0.4 is 0 Å². The summed E-state index contributed by atoms with van der Waals surface area (Å²) in [6.07, 6.45) is 8.51. The van der Waals surface area contributed by atoms with Crippen LogP contribution in [-0.4, -0.2) is 24.3 Å². The van der Waals surface area contributed by atoms with Crippen molar-refractivity contribution in [1.82, 2.24) is 24.3 Å². The first kappa shape index (κ1) is 14.8. The van der Waals surface area contributed by atoms with E-state index < -0.39 is 0 Å². The molecule has 3 heterocycles. The molecule has 0 saturated carbocycles. The SMILES string of the molecule is Cc1csc(CCn2ccnc2-c2cccc(-n3cccn3)c2)n1. The van der Waals surface area contributed by atoms with E-state index in [1.807, 2.05) is 48.4 Å². The monoisotopic (exact) mass is 335 g/mol. The number of hydrogen-bond donors (Lipinski definition) is 0. The van der Waals surface area contributed by atoms with Gasteiger partial charge in [0.25, 0.3) is 0 Å². The van der Waals surface area contributed by atoms with Crippen molar-refractivity contribution in [3.05, 3.63) is 71.2 Å². The van der Waals surface area contributed by atoms with Crippen LogP contribution in [0.15, 0.2) is 60.5 Å². The zero-order chi connectivity index (χ0) is 16.4. The van der Waals surface area contributed by atoms with Crippen molar-refractivity contribution in [3.63, 3.8) is 0 Å². The smallest absolute Gasteiger partial charge is 0.139 e. The van der Waals surface area contributed by atoms with Gasteiger partial charge in [-0.25, -0.2) is 14.6 Å². The lowest BCUT2D eigenvalue weighted by Gasteiger charge is -2.09. The molecule has 0 radical (unpaired) electrons. The summed E-state index contributed by atoms with van der Waals surface area (Å²) < 4.78 is 4.04. The third kappa shape index (κ3) is 3.00. The lowest BCUT2D eigenvalue weighted by molar-refractivity contribution is 0.699. The molecular weight excluding hydrogens is 318 g/mol. The van der Waals surface area contributed by atoms with Crippen LogP contribution in [0.2, 0.25) is 0 Å². The molecule has 120 valence electrons. The number of benzene rings is 1. The highest BCUT2D eigenvalue weighted by Gasteiger charge is 2.08. The van der Waals surface area contributed by atoms with Crippen LogP contribution in [0.4, 0.5) is 0 Å². The van der Waals surface area contributed by atoms with E-state index >= 15 is 0 Å². The van der Waals surface area contributed by atoms with Crippen molar-refractivity contribution in [1.29, 1.82) is 0 Å². The summed E-state index contributed by atoms with van der Waals surface area (Å²) in [5, 5.41) is 7.55. The molecule has 0 aliphatic heterocycles. The van der Waals surface area contributed by atoms with Gasteiger partial charge in [0.15, 0.2) is 0 Å². The first-order chi connectivity index (χ1) is 11.8. The maximum atomic E-state index is 4.54. The maximum absolute atomic E-state index is 4.54. The van der Waals surface area contributed by atoms with Crippen LogP contribution in [0.3, 0.4) is 0 Å². The van der Waals surface area contributed by atoms with Gasteiger partial charge in [-0.15, -0.1) is 11.3 Å². The molecule has 0 spiro atoms. The molecule has 0 amide bonds. The molecule has 1 aromatic carbocycles. The van der Waals surface area contributed by atoms with Gasteiger partial charge in [0.2, 0.25) is 0 Å². The zero-order valence-electron chi connectivity index (χ0n) is 13.3. The Kier molecular flexibility index (Phi) is 3.96. The summed E-state index contributed by atoms with van der Waals surface area (Å²) in [4.78, 5) is 9.08. The molecule has 3 aromatic heterocycles. The molecule has 24 heavy (non-hydrogen) atoms. The molecule has 0 unspecified atom stereocenters. The molecule has 6 heteroatoms. The van der Waals surface area contributed by atoms with Crippen molar-refractivity contribution >= 4 is 11.3 Å². The highest BCUT2D eigenvalue weighted by Crippen LogP contribution is 2.21. The van der Waals surface area contributed by atoms with E-state index in [0.29, 0.717) is 0 Å². The third-order valence-corrected chi connectivity index (χ3v) is 4.85. The van der Waals surface area contributed by atoms with Crippen LogP contribution in [0.25, 0.3) is 17.1 Å². The molecule has 4 aromatic rings. The van der Waals surface area contributed by atoms with Gasteiger partial charge in [-0.2, -0.15) is 5.10 Å². The predicted molar refractivity (Wildman–Crippen MR) is 95.3 cm³/mol. The molecule has 0 atom stereocenters. The number of aryl methyl sites for hydroxylation is 3. The van der Waals surface area contributed by atoms with Crippen molar-refractivity contribution in [2.45, 2.75) is 19.9 Å². The normalized spacial score (nSPS) is 11.0. The van der Waals surface area contributed by atoms with Crippen LogP contribution in [0.5, 0.6) is 0 Å². The first-order valence-corrected chi connectivity index (χ1v) is 8.70. The maximum Gasteiger partial charge on any atom is 0.139 e. The predicted octanol–water partition coefficient (Wildman–Crippen LogP) is 3.74. The first-order valence-electron chi connectivity index (χ1n) is 7.82. The molecule has 4 rings (SSSR count). The van der Waals surface area contributed by atoms with Crippen molar-refractivity contribution < 1.29 is 0 Å². The van der Waals surface area contributed by atoms with Crippen LogP contribution in [-0.2, 0) is 13.0 Å². The van der Waals surface area contributed by atoms with Crippen LogP contribution >= 0.6 is 11.3 Å². The lowest BCUT2D eigenvalue weighted by atomic mass is 10.2. The van der Waals surface area contributed by atoms with Crippen molar-refractivity contribution in [2.75, 3.05) is 0 Å².